The smallest absolute Gasteiger partial charge is 0.311 e. The highest BCUT2D eigenvalue weighted by molar-refractivity contribution is 5.81. The van der Waals surface area contributed by atoms with Gasteiger partial charge in [-0.3, -0.25) is 14.0 Å². The summed E-state index contributed by atoms with van der Waals surface area (Å²) >= 11 is 0. The molecule has 0 unspecified atom stereocenters. The number of carbonyl (C=O) groups is 2. The van der Waals surface area contributed by atoms with E-state index in [1.807, 2.05) is 60.0 Å². The molecule has 7 nitrogen and oxygen atoms in total. The number of hydrogen-bond donors (Lipinski definition) is 1. The van der Waals surface area contributed by atoms with Crippen LogP contribution in [0.2, 0.25) is 0 Å². The largest absolute Gasteiger partial charge is 0.466 e. The summed E-state index contributed by atoms with van der Waals surface area (Å²) < 4.78 is 12.4. The molecule has 0 spiro atoms. The van der Waals surface area contributed by atoms with Gasteiger partial charge in [0.15, 0.2) is 0 Å². The Hall–Kier alpha value is -4.13. The minimum Gasteiger partial charge on any atom is -0.466 e. The third-order valence-electron chi connectivity index (χ3n) is 5.33. The van der Waals surface area contributed by atoms with Crippen LogP contribution in [-0.4, -0.2) is 27.9 Å². The molecule has 0 saturated carbocycles. The van der Waals surface area contributed by atoms with Crippen LogP contribution in [0.25, 0.3) is 16.9 Å². The molecule has 2 aromatic carbocycles. The van der Waals surface area contributed by atoms with Crippen molar-refractivity contribution in [3.8, 4) is 17.0 Å². The molecule has 0 fully saturated rings. The van der Waals surface area contributed by atoms with Gasteiger partial charge in [-0.1, -0.05) is 48.5 Å². The molecular formula is C27H27N3O4. The van der Waals surface area contributed by atoms with Gasteiger partial charge in [0, 0.05) is 18.3 Å². The summed E-state index contributed by atoms with van der Waals surface area (Å²) in [5.74, 6) is 0.350. The lowest BCUT2D eigenvalue weighted by atomic mass is 10.1. The Kier molecular flexibility index (Phi) is 7.22. The second-order valence-corrected chi connectivity index (χ2v) is 7.84. The summed E-state index contributed by atoms with van der Waals surface area (Å²) in [6.45, 7) is 4.67. The van der Waals surface area contributed by atoms with E-state index in [1.54, 1.807) is 19.1 Å². The number of fused-ring (bicyclic) bond motifs is 1. The Balaban J connectivity index is 1.59. The van der Waals surface area contributed by atoms with Crippen LogP contribution in [0.5, 0.6) is 5.75 Å². The molecule has 7 heteroatoms. The lowest BCUT2D eigenvalue weighted by molar-refractivity contribution is -0.146. The fourth-order valence-electron chi connectivity index (χ4n) is 3.68. The van der Waals surface area contributed by atoms with Crippen molar-refractivity contribution in [2.45, 2.75) is 33.2 Å². The predicted molar refractivity (Wildman–Crippen MR) is 131 cm³/mol. The fraction of sp³-hybridized carbons (Fsp3) is 0.222. The third kappa shape index (κ3) is 5.43. The molecule has 34 heavy (non-hydrogen) atoms. The summed E-state index contributed by atoms with van der Waals surface area (Å²) in [6, 6.07) is 21.4. The number of nitrogens with zero attached hydrogens (tertiary/aromatic N) is 2. The van der Waals surface area contributed by atoms with E-state index in [0.29, 0.717) is 12.3 Å². The van der Waals surface area contributed by atoms with Crippen molar-refractivity contribution in [1.29, 1.82) is 0 Å². The van der Waals surface area contributed by atoms with Crippen molar-refractivity contribution in [2.75, 3.05) is 11.9 Å². The van der Waals surface area contributed by atoms with Crippen molar-refractivity contribution >= 4 is 23.4 Å². The average Bonchev–Trinajstić information content (AvgIpc) is 3.22. The Labute approximate surface area is 198 Å². The van der Waals surface area contributed by atoms with Gasteiger partial charge in [0.1, 0.15) is 22.9 Å². The summed E-state index contributed by atoms with van der Waals surface area (Å²) in [7, 11) is 0. The van der Waals surface area contributed by atoms with Gasteiger partial charge >= 0.3 is 11.9 Å². The van der Waals surface area contributed by atoms with Gasteiger partial charge in [-0.2, -0.15) is 0 Å². The van der Waals surface area contributed by atoms with E-state index in [2.05, 4.69) is 17.4 Å². The third-order valence-corrected chi connectivity index (χ3v) is 5.33. The average molecular weight is 458 g/mol. The minimum atomic E-state index is -0.488. The van der Waals surface area contributed by atoms with Crippen LogP contribution in [0.3, 0.4) is 0 Å². The SMILES string of the molecule is CCOC(=O)CCC(=O)Oc1cccc(-c2nc3c(C)cccn3c2NCc2ccccc2)c1. The zero-order valence-corrected chi connectivity index (χ0v) is 19.3. The molecule has 2 heterocycles. The number of hydrogen-bond acceptors (Lipinski definition) is 6. The Morgan fingerprint density at radius 1 is 0.971 bits per heavy atom. The number of rotatable bonds is 9. The molecule has 2 aromatic heterocycles. The van der Waals surface area contributed by atoms with E-state index in [4.69, 9.17) is 14.5 Å². The first-order valence-electron chi connectivity index (χ1n) is 11.3. The van der Waals surface area contributed by atoms with Gasteiger partial charge in [0.05, 0.1) is 19.4 Å². The van der Waals surface area contributed by atoms with Crippen LogP contribution in [0.15, 0.2) is 72.9 Å². The normalized spacial score (nSPS) is 10.8. The summed E-state index contributed by atoms with van der Waals surface area (Å²) in [5, 5.41) is 3.52. The van der Waals surface area contributed by atoms with Gasteiger partial charge in [-0.15, -0.1) is 0 Å². The van der Waals surface area contributed by atoms with E-state index in [1.165, 1.54) is 0 Å². The second-order valence-electron chi connectivity index (χ2n) is 7.84. The summed E-state index contributed by atoms with van der Waals surface area (Å²) in [6.07, 6.45) is 1.93. The number of carbonyl (C=O) groups excluding carboxylic acids is 2. The molecule has 0 aliphatic heterocycles. The first kappa shape index (κ1) is 23.0. The maximum atomic E-state index is 12.2. The van der Waals surface area contributed by atoms with E-state index in [9.17, 15) is 9.59 Å². The topological polar surface area (TPSA) is 81.9 Å². The molecule has 0 aliphatic rings. The Bertz CT molecular complexity index is 1300. The number of imidazole rings is 1. The zero-order valence-electron chi connectivity index (χ0n) is 19.3. The molecule has 0 radical (unpaired) electrons. The highest BCUT2D eigenvalue weighted by Crippen LogP contribution is 2.32. The van der Waals surface area contributed by atoms with Crippen molar-refractivity contribution in [3.63, 3.8) is 0 Å². The van der Waals surface area contributed by atoms with Gasteiger partial charge in [-0.25, -0.2) is 4.98 Å². The number of pyridine rings is 1. The monoisotopic (exact) mass is 457 g/mol. The number of aromatic nitrogens is 2. The molecule has 0 aliphatic carbocycles. The van der Waals surface area contributed by atoms with E-state index >= 15 is 0 Å². The van der Waals surface area contributed by atoms with Crippen LogP contribution >= 0.6 is 0 Å². The number of aryl methyl sites for hydroxylation is 1. The van der Waals surface area contributed by atoms with E-state index < -0.39 is 11.9 Å². The number of ether oxygens (including phenoxy) is 2. The van der Waals surface area contributed by atoms with Gasteiger partial charge in [0.25, 0.3) is 0 Å². The molecule has 0 saturated heterocycles. The molecule has 4 rings (SSSR count). The number of benzene rings is 2. The first-order chi connectivity index (χ1) is 16.5. The zero-order chi connectivity index (χ0) is 23.9. The van der Waals surface area contributed by atoms with Crippen LogP contribution in [0.1, 0.15) is 30.9 Å². The van der Waals surface area contributed by atoms with Crippen molar-refractivity contribution < 1.29 is 19.1 Å². The highest BCUT2D eigenvalue weighted by atomic mass is 16.5. The molecule has 0 amide bonds. The van der Waals surface area contributed by atoms with Gasteiger partial charge in [0.2, 0.25) is 0 Å². The Morgan fingerprint density at radius 3 is 2.56 bits per heavy atom. The lowest BCUT2D eigenvalue weighted by Gasteiger charge is -2.10. The van der Waals surface area contributed by atoms with E-state index in [0.717, 1.165) is 33.8 Å². The molecule has 0 bridgehead atoms. The van der Waals surface area contributed by atoms with Crippen LogP contribution in [0.4, 0.5) is 5.82 Å². The Morgan fingerprint density at radius 2 is 1.76 bits per heavy atom. The second kappa shape index (κ2) is 10.7. The number of nitrogens with one attached hydrogen (secondary N) is 1. The van der Waals surface area contributed by atoms with Crippen molar-refractivity contribution in [1.82, 2.24) is 9.38 Å². The maximum absolute atomic E-state index is 12.2. The highest BCUT2D eigenvalue weighted by Gasteiger charge is 2.17. The molecule has 0 atom stereocenters. The molecule has 174 valence electrons. The van der Waals surface area contributed by atoms with Gasteiger partial charge in [-0.05, 0) is 43.2 Å². The van der Waals surface area contributed by atoms with Crippen LogP contribution in [-0.2, 0) is 20.9 Å². The lowest BCUT2D eigenvalue weighted by Crippen LogP contribution is -2.12. The maximum Gasteiger partial charge on any atom is 0.311 e. The van der Waals surface area contributed by atoms with Crippen molar-refractivity contribution in [2.24, 2.45) is 0 Å². The van der Waals surface area contributed by atoms with Crippen molar-refractivity contribution in [3.05, 3.63) is 84.1 Å². The standard InChI is InChI=1S/C27H27N3O4/c1-3-33-23(31)14-15-24(32)34-22-13-7-12-21(17-22)25-27(28-18-20-10-5-4-6-11-20)30-16-8-9-19(2)26(30)29-25/h4-13,16-17,28H,3,14-15,18H2,1-2H3. The van der Waals surface area contributed by atoms with Crippen LogP contribution in [0, 0.1) is 6.92 Å². The molecular weight excluding hydrogens is 430 g/mol. The number of anilines is 1. The van der Waals surface area contributed by atoms with Gasteiger partial charge < -0.3 is 14.8 Å². The summed E-state index contributed by atoms with van der Waals surface area (Å²) in [4.78, 5) is 28.6. The molecule has 1 N–H and O–H groups in total. The van der Waals surface area contributed by atoms with Crippen LogP contribution < -0.4 is 10.1 Å². The quantitative estimate of drug-likeness (QED) is 0.276. The number of esters is 2. The molecule has 4 aromatic rings. The fourth-order valence-corrected chi connectivity index (χ4v) is 3.68. The summed E-state index contributed by atoms with van der Waals surface area (Å²) in [5.41, 5.74) is 4.63. The minimum absolute atomic E-state index is 0.00830. The van der Waals surface area contributed by atoms with E-state index in [-0.39, 0.29) is 19.4 Å². The predicted octanol–water partition coefficient (Wildman–Crippen LogP) is 5.17. The first-order valence-corrected chi connectivity index (χ1v) is 11.3.